The van der Waals surface area contributed by atoms with E-state index in [0.717, 1.165) is 26.2 Å². The number of hydrogen-bond acceptors (Lipinski definition) is 6. The van der Waals surface area contributed by atoms with Gasteiger partial charge in [-0.3, -0.25) is 4.90 Å². The number of piperazine rings is 1. The van der Waals surface area contributed by atoms with Crippen LogP contribution in [0.2, 0.25) is 0 Å². The highest BCUT2D eigenvalue weighted by Crippen LogP contribution is 2.13. The number of hydrogen-bond donors (Lipinski definition) is 2. The number of aromatic nitrogens is 1. The van der Waals surface area contributed by atoms with E-state index in [0.29, 0.717) is 13.1 Å². The summed E-state index contributed by atoms with van der Waals surface area (Å²) in [5.41, 5.74) is 5.59. The predicted octanol–water partition coefficient (Wildman–Crippen LogP) is -0.810. The lowest BCUT2D eigenvalue weighted by Gasteiger charge is -2.32. The fraction of sp³-hybridized carbons (Fsp3) is 0.583. The van der Waals surface area contributed by atoms with Crippen LogP contribution in [-0.2, 0) is 10.0 Å². The number of sulfonamides is 1. The van der Waals surface area contributed by atoms with Gasteiger partial charge in [-0.1, -0.05) is 0 Å². The molecule has 7 nitrogen and oxygen atoms in total. The van der Waals surface area contributed by atoms with Gasteiger partial charge in [0.2, 0.25) is 10.0 Å². The second-order valence-corrected chi connectivity index (χ2v) is 6.66. The number of likely N-dealkylation sites (N-methyl/N-ethyl adjacent to an activating group) is 1. The van der Waals surface area contributed by atoms with Crippen LogP contribution in [0.1, 0.15) is 0 Å². The molecule has 1 fully saturated rings. The zero-order valence-corrected chi connectivity index (χ0v) is 12.4. The molecule has 20 heavy (non-hydrogen) atoms. The van der Waals surface area contributed by atoms with E-state index in [9.17, 15) is 8.42 Å². The van der Waals surface area contributed by atoms with Gasteiger partial charge in [0.25, 0.3) is 0 Å². The molecular formula is C12H21N5O2S. The number of nitrogen functional groups attached to an aromatic ring is 1. The molecule has 8 heteroatoms. The molecule has 0 spiro atoms. The lowest BCUT2D eigenvalue weighted by atomic mass is 10.3. The molecule has 1 aliphatic rings. The Morgan fingerprint density at radius 3 is 2.70 bits per heavy atom. The quantitative estimate of drug-likeness (QED) is 0.739. The molecule has 0 radical (unpaired) electrons. The van der Waals surface area contributed by atoms with Crippen molar-refractivity contribution in [3.63, 3.8) is 0 Å². The van der Waals surface area contributed by atoms with Crippen molar-refractivity contribution < 1.29 is 8.42 Å². The van der Waals surface area contributed by atoms with Gasteiger partial charge in [0.1, 0.15) is 10.7 Å². The summed E-state index contributed by atoms with van der Waals surface area (Å²) in [4.78, 5) is 8.34. The molecule has 0 atom stereocenters. The summed E-state index contributed by atoms with van der Waals surface area (Å²) < 4.78 is 26.7. The smallest absolute Gasteiger partial charge is 0.244 e. The van der Waals surface area contributed by atoms with Crippen molar-refractivity contribution in [3.8, 4) is 0 Å². The first-order valence-electron chi connectivity index (χ1n) is 6.60. The summed E-state index contributed by atoms with van der Waals surface area (Å²) in [6.45, 7) is 5.04. The summed E-state index contributed by atoms with van der Waals surface area (Å²) >= 11 is 0. The molecule has 2 heterocycles. The van der Waals surface area contributed by atoms with Crippen LogP contribution in [-0.4, -0.2) is 69.5 Å². The maximum atomic E-state index is 12.1. The van der Waals surface area contributed by atoms with Crippen LogP contribution in [0.25, 0.3) is 0 Å². The summed E-state index contributed by atoms with van der Waals surface area (Å²) in [5, 5.41) is 0. The molecule has 1 aliphatic heterocycles. The summed E-state index contributed by atoms with van der Waals surface area (Å²) in [6, 6.07) is 3.02. The number of rotatable bonds is 5. The number of nitrogens with two attached hydrogens (primary N) is 1. The first kappa shape index (κ1) is 15.2. The van der Waals surface area contributed by atoms with Gasteiger partial charge in [-0.25, -0.2) is 18.1 Å². The number of nitrogens with zero attached hydrogens (tertiary/aromatic N) is 3. The monoisotopic (exact) mass is 299 g/mol. The van der Waals surface area contributed by atoms with E-state index >= 15 is 0 Å². The fourth-order valence-electron chi connectivity index (χ4n) is 2.12. The minimum Gasteiger partial charge on any atom is -0.383 e. The van der Waals surface area contributed by atoms with Crippen molar-refractivity contribution in [3.05, 3.63) is 18.3 Å². The molecule has 3 N–H and O–H groups in total. The van der Waals surface area contributed by atoms with Crippen LogP contribution < -0.4 is 10.5 Å². The molecule has 0 aliphatic carbocycles. The van der Waals surface area contributed by atoms with Gasteiger partial charge in [0, 0.05) is 45.5 Å². The number of nitrogens with one attached hydrogen (secondary N) is 1. The van der Waals surface area contributed by atoms with Crippen LogP contribution >= 0.6 is 0 Å². The average molecular weight is 299 g/mol. The van der Waals surface area contributed by atoms with Crippen molar-refractivity contribution in [1.29, 1.82) is 0 Å². The maximum Gasteiger partial charge on any atom is 0.244 e. The summed E-state index contributed by atoms with van der Waals surface area (Å²) in [5.74, 6) is 0.0274. The van der Waals surface area contributed by atoms with Gasteiger partial charge in [0.15, 0.2) is 0 Å². The van der Waals surface area contributed by atoms with Crippen LogP contribution in [0.3, 0.4) is 0 Å². The maximum absolute atomic E-state index is 12.1. The van der Waals surface area contributed by atoms with Crippen molar-refractivity contribution in [2.75, 3.05) is 52.0 Å². The average Bonchev–Trinajstić information content (AvgIpc) is 2.41. The molecule has 1 aromatic heterocycles. The number of pyridine rings is 1. The Morgan fingerprint density at radius 1 is 1.35 bits per heavy atom. The summed E-state index contributed by atoms with van der Waals surface area (Å²) in [7, 11) is -1.49. The lowest BCUT2D eigenvalue weighted by Crippen LogP contribution is -2.46. The molecule has 112 valence electrons. The largest absolute Gasteiger partial charge is 0.383 e. The molecule has 1 aromatic rings. The second-order valence-electron chi connectivity index (χ2n) is 4.93. The molecule has 0 saturated carbocycles. The van der Waals surface area contributed by atoms with Gasteiger partial charge in [-0.15, -0.1) is 0 Å². The third-order valence-corrected chi connectivity index (χ3v) is 4.91. The Balaban J connectivity index is 1.86. The van der Waals surface area contributed by atoms with E-state index in [2.05, 4.69) is 26.6 Å². The Morgan fingerprint density at radius 2 is 2.05 bits per heavy atom. The standard InChI is InChI=1S/C12H21N5O2S/c1-16-7-9-17(10-8-16)6-5-15-20(18,19)11-3-2-4-14-12(11)13/h2-4,15H,5-10H2,1H3,(H2,13,14). The van der Waals surface area contributed by atoms with Crippen LogP contribution in [0.5, 0.6) is 0 Å². The molecule has 0 aromatic carbocycles. The van der Waals surface area contributed by atoms with Gasteiger partial charge < -0.3 is 10.6 Å². The van der Waals surface area contributed by atoms with E-state index in [1.165, 1.54) is 12.3 Å². The molecule has 2 rings (SSSR count). The van der Waals surface area contributed by atoms with Crippen LogP contribution in [0.15, 0.2) is 23.2 Å². The first-order chi connectivity index (χ1) is 9.49. The Kier molecular flexibility index (Phi) is 4.92. The first-order valence-corrected chi connectivity index (χ1v) is 8.08. The second kappa shape index (κ2) is 6.49. The number of anilines is 1. The molecule has 0 unspecified atom stereocenters. The Bertz CT molecular complexity index is 541. The third kappa shape index (κ3) is 3.89. The van der Waals surface area contributed by atoms with Gasteiger partial charge in [-0.2, -0.15) is 0 Å². The van der Waals surface area contributed by atoms with E-state index in [-0.39, 0.29) is 10.7 Å². The summed E-state index contributed by atoms with van der Waals surface area (Å²) in [6.07, 6.45) is 1.47. The fourth-order valence-corrected chi connectivity index (χ4v) is 3.22. The Labute approximate surface area is 119 Å². The molecule has 0 bridgehead atoms. The van der Waals surface area contributed by atoms with Crippen molar-refractivity contribution in [2.24, 2.45) is 0 Å². The predicted molar refractivity (Wildman–Crippen MR) is 77.8 cm³/mol. The van der Waals surface area contributed by atoms with E-state index in [1.807, 2.05) is 0 Å². The van der Waals surface area contributed by atoms with E-state index < -0.39 is 10.0 Å². The zero-order valence-electron chi connectivity index (χ0n) is 11.6. The Hall–Kier alpha value is -1.22. The van der Waals surface area contributed by atoms with E-state index in [4.69, 9.17) is 5.73 Å². The van der Waals surface area contributed by atoms with Crippen molar-refractivity contribution in [2.45, 2.75) is 4.90 Å². The third-order valence-electron chi connectivity index (χ3n) is 3.41. The highest BCUT2D eigenvalue weighted by atomic mass is 32.2. The molecular weight excluding hydrogens is 278 g/mol. The van der Waals surface area contributed by atoms with Gasteiger partial charge >= 0.3 is 0 Å². The van der Waals surface area contributed by atoms with Gasteiger partial charge in [0.05, 0.1) is 0 Å². The highest BCUT2D eigenvalue weighted by Gasteiger charge is 2.18. The van der Waals surface area contributed by atoms with Crippen molar-refractivity contribution >= 4 is 15.8 Å². The normalized spacial score (nSPS) is 18.2. The topological polar surface area (TPSA) is 91.6 Å². The minimum absolute atomic E-state index is 0.0274. The van der Waals surface area contributed by atoms with Gasteiger partial charge in [-0.05, 0) is 19.2 Å². The van der Waals surface area contributed by atoms with Crippen LogP contribution in [0.4, 0.5) is 5.82 Å². The van der Waals surface area contributed by atoms with Crippen LogP contribution in [0, 0.1) is 0 Å². The molecule has 1 saturated heterocycles. The SMILES string of the molecule is CN1CCN(CCNS(=O)(=O)c2cccnc2N)CC1. The molecule has 0 amide bonds. The lowest BCUT2D eigenvalue weighted by molar-refractivity contribution is 0.156. The van der Waals surface area contributed by atoms with Crippen molar-refractivity contribution in [1.82, 2.24) is 19.5 Å². The zero-order chi connectivity index (χ0) is 14.6. The van der Waals surface area contributed by atoms with E-state index in [1.54, 1.807) is 6.07 Å². The minimum atomic E-state index is -3.58. The highest BCUT2D eigenvalue weighted by molar-refractivity contribution is 7.89.